The fraction of sp³-hybridized carbons (Fsp3) is 0.400. The first-order valence-corrected chi connectivity index (χ1v) is 6.32. The third-order valence-electron chi connectivity index (χ3n) is 2.41. The van der Waals surface area contributed by atoms with Crippen molar-refractivity contribution in [1.29, 1.82) is 0 Å². The van der Waals surface area contributed by atoms with Crippen LogP contribution in [0, 0.1) is 0 Å². The van der Waals surface area contributed by atoms with Gasteiger partial charge in [0.05, 0.1) is 5.35 Å². The summed E-state index contributed by atoms with van der Waals surface area (Å²) in [5.41, 5.74) is 0. The highest BCUT2D eigenvalue weighted by molar-refractivity contribution is 5.55. The molecule has 1 unspecified atom stereocenters. The lowest BCUT2D eigenvalue weighted by molar-refractivity contribution is 0.0384. The Morgan fingerprint density at radius 3 is 2.78 bits per heavy atom. The van der Waals surface area contributed by atoms with E-state index in [-0.39, 0.29) is 6.10 Å². The fourth-order valence-electron chi connectivity index (χ4n) is 1.62. The van der Waals surface area contributed by atoms with Gasteiger partial charge in [-0.15, -0.1) is 0 Å². The van der Waals surface area contributed by atoms with E-state index in [0.29, 0.717) is 12.0 Å². The number of hydrogen-bond acceptors (Lipinski definition) is 3. The SMILES string of the molecule is C=c1nccc/c1=C1\OC(C)CO\C1=C\C.CC. The maximum atomic E-state index is 5.80. The molecule has 0 aromatic carbocycles. The van der Waals surface area contributed by atoms with Crippen LogP contribution in [-0.2, 0) is 9.47 Å². The lowest BCUT2D eigenvalue weighted by atomic mass is 10.2. The zero-order valence-corrected chi connectivity index (χ0v) is 11.6. The molecule has 18 heavy (non-hydrogen) atoms. The molecule has 0 radical (unpaired) electrons. The molecule has 0 N–H and O–H groups in total. The quantitative estimate of drug-likeness (QED) is 0.702. The molecule has 0 aliphatic carbocycles. The second kappa shape index (κ2) is 6.84. The fourth-order valence-corrected chi connectivity index (χ4v) is 1.62. The van der Waals surface area contributed by atoms with Crippen molar-refractivity contribution in [2.24, 2.45) is 0 Å². The highest BCUT2D eigenvalue weighted by atomic mass is 16.6. The van der Waals surface area contributed by atoms with Gasteiger partial charge in [0, 0.05) is 11.4 Å². The van der Waals surface area contributed by atoms with Gasteiger partial charge in [-0.3, -0.25) is 4.98 Å². The van der Waals surface area contributed by atoms with E-state index in [1.165, 1.54) is 0 Å². The number of nitrogens with zero attached hydrogens (tertiary/aromatic N) is 1. The summed E-state index contributed by atoms with van der Waals surface area (Å²) < 4.78 is 11.4. The highest BCUT2D eigenvalue weighted by Crippen LogP contribution is 2.21. The molecule has 1 aliphatic heterocycles. The third kappa shape index (κ3) is 3.13. The zero-order chi connectivity index (χ0) is 13.5. The van der Waals surface area contributed by atoms with E-state index < -0.39 is 0 Å². The Morgan fingerprint density at radius 2 is 2.17 bits per heavy atom. The molecule has 2 heterocycles. The minimum atomic E-state index is 0.0540. The number of pyridine rings is 1. The molecule has 98 valence electrons. The second-order valence-corrected chi connectivity index (χ2v) is 3.72. The van der Waals surface area contributed by atoms with Crippen molar-refractivity contribution in [2.45, 2.75) is 33.8 Å². The summed E-state index contributed by atoms with van der Waals surface area (Å²) >= 11 is 0. The number of hydrogen-bond donors (Lipinski definition) is 0. The molecule has 0 amide bonds. The van der Waals surface area contributed by atoms with Crippen LogP contribution in [-0.4, -0.2) is 17.7 Å². The Kier molecular flexibility index (Phi) is 5.43. The Labute approximate surface area is 108 Å². The number of ether oxygens (including phenoxy) is 2. The minimum Gasteiger partial charge on any atom is -0.486 e. The van der Waals surface area contributed by atoms with Crippen LogP contribution in [0.3, 0.4) is 0 Å². The van der Waals surface area contributed by atoms with Crippen LogP contribution in [0.15, 0.2) is 30.2 Å². The van der Waals surface area contributed by atoms with Gasteiger partial charge in [0.2, 0.25) is 0 Å². The number of aromatic nitrogens is 1. The minimum absolute atomic E-state index is 0.0540. The van der Waals surface area contributed by atoms with Crippen molar-refractivity contribution in [3.8, 4) is 0 Å². The van der Waals surface area contributed by atoms with E-state index in [4.69, 9.17) is 9.47 Å². The van der Waals surface area contributed by atoms with Crippen LogP contribution in [0.5, 0.6) is 0 Å². The Bertz CT molecular complexity index is 520. The van der Waals surface area contributed by atoms with E-state index >= 15 is 0 Å². The zero-order valence-electron chi connectivity index (χ0n) is 11.6. The highest BCUT2D eigenvalue weighted by Gasteiger charge is 2.20. The standard InChI is InChI=1S/C13H15NO2.C2H6/c1-4-12-13(16-9(2)8-15-12)11-6-5-7-14-10(11)3;1-2/h4-7,9H,3,8H2,1-2H3;1-2H3/b12-4+,13-11+;. The molecule has 3 heteroatoms. The van der Waals surface area contributed by atoms with Crippen LogP contribution >= 0.6 is 0 Å². The average molecular weight is 247 g/mol. The van der Waals surface area contributed by atoms with E-state index in [1.54, 1.807) is 6.20 Å². The molecule has 0 saturated carbocycles. The first-order valence-electron chi connectivity index (χ1n) is 6.32. The second-order valence-electron chi connectivity index (χ2n) is 3.72. The largest absolute Gasteiger partial charge is 0.486 e. The van der Waals surface area contributed by atoms with Crippen molar-refractivity contribution >= 4 is 12.3 Å². The van der Waals surface area contributed by atoms with E-state index in [2.05, 4.69) is 11.6 Å². The van der Waals surface area contributed by atoms with E-state index in [1.807, 2.05) is 45.9 Å². The Morgan fingerprint density at radius 1 is 1.44 bits per heavy atom. The predicted molar refractivity (Wildman–Crippen MR) is 74.0 cm³/mol. The van der Waals surface area contributed by atoms with Gasteiger partial charge < -0.3 is 9.47 Å². The summed E-state index contributed by atoms with van der Waals surface area (Å²) in [6, 6.07) is 3.81. The third-order valence-corrected chi connectivity index (χ3v) is 2.41. The molecular weight excluding hydrogens is 226 g/mol. The van der Waals surface area contributed by atoms with Gasteiger partial charge in [-0.25, -0.2) is 0 Å². The van der Waals surface area contributed by atoms with Gasteiger partial charge in [-0.05, 0) is 32.1 Å². The Hall–Kier alpha value is -1.77. The van der Waals surface area contributed by atoms with Crippen LogP contribution in [0.1, 0.15) is 27.7 Å². The summed E-state index contributed by atoms with van der Waals surface area (Å²) in [6.45, 7) is 12.4. The van der Waals surface area contributed by atoms with Crippen molar-refractivity contribution in [3.63, 3.8) is 0 Å². The number of allylic oxidation sites excluding steroid dienone is 1. The maximum absolute atomic E-state index is 5.80. The van der Waals surface area contributed by atoms with Crippen LogP contribution in [0.2, 0.25) is 0 Å². The molecule has 0 bridgehead atoms. The molecule has 1 aromatic rings. The van der Waals surface area contributed by atoms with Gasteiger partial charge >= 0.3 is 0 Å². The van der Waals surface area contributed by atoms with Gasteiger partial charge in [-0.2, -0.15) is 0 Å². The molecule has 2 rings (SSSR count). The average Bonchev–Trinajstić information content (AvgIpc) is 2.41. The molecule has 1 fully saturated rings. The van der Waals surface area contributed by atoms with Gasteiger partial charge in [0.1, 0.15) is 12.7 Å². The van der Waals surface area contributed by atoms with Crippen molar-refractivity contribution in [3.05, 3.63) is 40.7 Å². The summed E-state index contributed by atoms with van der Waals surface area (Å²) in [5.74, 6) is 1.50. The normalized spacial score (nSPS) is 23.6. The molecule has 1 aliphatic rings. The van der Waals surface area contributed by atoms with Crippen LogP contribution < -0.4 is 10.6 Å². The van der Waals surface area contributed by atoms with E-state index in [9.17, 15) is 0 Å². The Balaban J connectivity index is 0.000000771. The summed E-state index contributed by atoms with van der Waals surface area (Å²) in [4.78, 5) is 4.15. The molecule has 1 atom stereocenters. The smallest absolute Gasteiger partial charge is 0.170 e. The molecule has 0 spiro atoms. The molecule has 3 nitrogen and oxygen atoms in total. The van der Waals surface area contributed by atoms with Crippen LogP contribution in [0.25, 0.3) is 12.3 Å². The van der Waals surface area contributed by atoms with Gasteiger partial charge in [0.25, 0.3) is 0 Å². The maximum Gasteiger partial charge on any atom is 0.170 e. The molecule has 1 aromatic heterocycles. The lowest BCUT2D eigenvalue weighted by Gasteiger charge is -2.26. The predicted octanol–water partition coefficient (Wildman–Crippen LogP) is 1.97. The van der Waals surface area contributed by atoms with Crippen LogP contribution in [0.4, 0.5) is 0 Å². The van der Waals surface area contributed by atoms with Gasteiger partial charge in [-0.1, -0.05) is 20.4 Å². The lowest BCUT2D eigenvalue weighted by Crippen LogP contribution is -2.34. The molecular formula is C15H21NO2. The topological polar surface area (TPSA) is 31.4 Å². The molecule has 1 saturated heterocycles. The summed E-state index contributed by atoms with van der Waals surface area (Å²) in [5, 5.41) is 1.59. The first kappa shape index (κ1) is 14.3. The first-order chi connectivity index (χ1) is 8.72. The van der Waals surface area contributed by atoms with Gasteiger partial charge in [0.15, 0.2) is 11.5 Å². The monoisotopic (exact) mass is 247 g/mol. The van der Waals surface area contributed by atoms with Crippen molar-refractivity contribution in [1.82, 2.24) is 4.98 Å². The summed E-state index contributed by atoms with van der Waals surface area (Å²) in [6.07, 6.45) is 3.67. The number of rotatable bonds is 0. The van der Waals surface area contributed by atoms with Crippen molar-refractivity contribution in [2.75, 3.05) is 6.61 Å². The summed E-state index contributed by atoms with van der Waals surface area (Å²) in [7, 11) is 0. The van der Waals surface area contributed by atoms with Crippen molar-refractivity contribution < 1.29 is 9.47 Å². The van der Waals surface area contributed by atoms with E-state index in [0.717, 1.165) is 16.7 Å².